The third-order valence-corrected chi connectivity index (χ3v) is 4.49. The molecule has 1 aromatic rings. The molecular formula is C14H16O. The number of hydrogen-bond acceptors (Lipinski definition) is 1. The smallest absolute Gasteiger partial charge is 0.139 e. The first-order valence-corrected chi connectivity index (χ1v) is 5.66. The van der Waals surface area contributed by atoms with E-state index >= 15 is 0 Å². The lowest BCUT2D eigenvalue weighted by Crippen LogP contribution is -2.21. The molecule has 2 atom stereocenters. The molecule has 0 saturated heterocycles. The van der Waals surface area contributed by atoms with Crippen molar-refractivity contribution in [2.75, 3.05) is 0 Å². The van der Waals surface area contributed by atoms with E-state index in [0.717, 1.165) is 6.42 Å². The number of Topliss-reactive ketones (excluding diaryl/α,β-unsaturated/α-hetero) is 1. The van der Waals surface area contributed by atoms with E-state index in [1.54, 1.807) is 0 Å². The van der Waals surface area contributed by atoms with Crippen LogP contribution in [-0.4, -0.2) is 5.78 Å². The Morgan fingerprint density at radius 1 is 1.20 bits per heavy atom. The minimum atomic E-state index is -0.0875. The molecule has 0 amide bonds. The molecule has 0 unspecified atom stereocenters. The molecule has 0 heterocycles. The number of ketones is 1. The number of carbonyl (C=O) groups is 1. The maximum Gasteiger partial charge on any atom is 0.139 e. The molecule has 0 aliphatic heterocycles. The van der Waals surface area contributed by atoms with Gasteiger partial charge in [-0.1, -0.05) is 44.2 Å². The van der Waals surface area contributed by atoms with Crippen molar-refractivity contribution in [2.24, 2.45) is 11.3 Å². The van der Waals surface area contributed by atoms with Crippen molar-refractivity contribution in [3.8, 4) is 0 Å². The van der Waals surface area contributed by atoms with Crippen LogP contribution in [0.25, 0.3) is 0 Å². The summed E-state index contributed by atoms with van der Waals surface area (Å²) in [7, 11) is 0. The summed E-state index contributed by atoms with van der Waals surface area (Å²) in [5.74, 6) is 1.03. The van der Waals surface area contributed by atoms with E-state index in [2.05, 4.69) is 38.1 Å². The first-order chi connectivity index (χ1) is 7.07. The van der Waals surface area contributed by atoms with E-state index in [4.69, 9.17) is 0 Å². The molecule has 2 fully saturated rings. The topological polar surface area (TPSA) is 17.1 Å². The van der Waals surface area contributed by atoms with Crippen molar-refractivity contribution < 1.29 is 4.79 Å². The van der Waals surface area contributed by atoms with Gasteiger partial charge in [0.05, 0.1) is 0 Å². The van der Waals surface area contributed by atoms with E-state index in [-0.39, 0.29) is 10.8 Å². The molecule has 1 heteroatoms. The molecule has 1 nitrogen and oxygen atoms in total. The number of hydrogen-bond donors (Lipinski definition) is 0. The lowest BCUT2D eigenvalue weighted by atomic mass is 9.86. The quantitative estimate of drug-likeness (QED) is 0.681. The fourth-order valence-corrected chi connectivity index (χ4v) is 3.35. The zero-order valence-electron chi connectivity index (χ0n) is 9.29. The second kappa shape index (κ2) is 2.52. The number of rotatable bonds is 1. The van der Waals surface area contributed by atoms with Gasteiger partial charge in [-0.15, -0.1) is 0 Å². The summed E-state index contributed by atoms with van der Waals surface area (Å²) in [6, 6.07) is 10.5. The summed E-state index contributed by atoms with van der Waals surface area (Å²) in [5.41, 5.74) is 1.49. The molecule has 0 aromatic heterocycles. The number of benzene rings is 1. The first kappa shape index (κ1) is 9.14. The maximum atomic E-state index is 11.9. The molecule has 0 N–H and O–H groups in total. The van der Waals surface area contributed by atoms with Crippen molar-refractivity contribution in [3.05, 3.63) is 35.9 Å². The zero-order chi connectivity index (χ0) is 10.7. The normalized spacial score (nSPS) is 36.4. The summed E-state index contributed by atoms with van der Waals surface area (Å²) in [5, 5.41) is 0. The van der Waals surface area contributed by atoms with Gasteiger partial charge in [0.2, 0.25) is 0 Å². The number of fused-ring (bicyclic) bond motifs is 1. The summed E-state index contributed by atoms with van der Waals surface area (Å²) >= 11 is 0. The SMILES string of the molecule is CC1(C)C(=O)C[C@]2(c3ccccc3)C[C@H]12. The Kier molecular flexibility index (Phi) is 1.54. The van der Waals surface area contributed by atoms with Crippen LogP contribution in [0.15, 0.2) is 30.3 Å². The van der Waals surface area contributed by atoms with Crippen molar-refractivity contribution in [3.63, 3.8) is 0 Å². The van der Waals surface area contributed by atoms with Gasteiger partial charge in [0.15, 0.2) is 0 Å². The van der Waals surface area contributed by atoms with E-state index in [1.807, 2.05) is 6.07 Å². The highest BCUT2D eigenvalue weighted by Crippen LogP contribution is 2.69. The van der Waals surface area contributed by atoms with Crippen LogP contribution in [0.3, 0.4) is 0 Å². The van der Waals surface area contributed by atoms with Gasteiger partial charge in [-0.2, -0.15) is 0 Å². The molecule has 2 aliphatic rings. The van der Waals surface area contributed by atoms with Crippen molar-refractivity contribution in [1.82, 2.24) is 0 Å². The minimum Gasteiger partial charge on any atom is -0.299 e. The first-order valence-electron chi connectivity index (χ1n) is 5.66. The average Bonchev–Trinajstić information content (AvgIpc) is 2.91. The third kappa shape index (κ3) is 1.01. The molecular weight excluding hydrogens is 184 g/mol. The molecule has 15 heavy (non-hydrogen) atoms. The maximum absolute atomic E-state index is 11.9. The Balaban J connectivity index is 2.02. The Hall–Kier alpha value is -1.11. The monoisotopic (exact) mass is 200 g/mol. The zero-order valence-corrected chi connectivity index (χ0v) is 9.29. The second-order valence-electron chi connectivity index (χ2n) is 5.60. The van der Waals surface area contributed by atoms with Crippen LogP contribution in [0, 0.1) is 11.3 Å². The Labute approximate surface area is 90.5 Å². The van der Waals surface area contributed by atoms with Gasteiger partial charge in [0, 0.05) is 17.3 Å². The Bertz CT molecular complexity index is 418. The molecule has 1 aromatic carbocycles. The van der Waals surface area contributed by atoms with Gasteiger partial charge >= 0.3 is 0 Å². The van der Waals surface area contributed by atoms with Crippen molar-refractivity contribution in [2.45, 2.75) is 32.1 Å². The third-order valence-electron chi connectivity index (χ3n) is 4.49. The molecule has 2 saturated carbocycles. The van der Waals surface area contributed by atoms with Gasteiger partial charge < -0.3 is 0 Å². The van der Waals surface area contributed by atoms with Crippen LogP contribution in [0.1, 0.15) is 32.3 Å². The predicted molar refractivity (Wildman–Crippen MR) is 59.6 cm³/mol. The van der Waals surface area contributed by atoms with Crippen LogP contribution in [0.5, 0.6) is 0 Å². The Morgan fingerprint density at radius 3 is 2.40 bits per heavy atom. The molecule has 0 bridgehead atoms. The molecule has 3 rings (SSSR count). The second-order valence-corrected chi connectivity index (χ2v) is 5.60. The fraction of sp³-hybridized carbons (Fsp3) is 0.500. The van der Waals surface area contributed by atoms with E-state index in [0.29, 0.717) is 11.7 Å². The standard InChI is InChI=1S/C14H16O/c1-13(2)11-8-14(11,9-12(13)15)10-6-4-3-5-7-10/h3-7,11H,8-9H2,1-2H3/t11-,14+/m1/s1. The van der Waals surface area contributed by atoms with Crippen molar-refractivity contribution in [1.29, 1.82) is 0 Å². The van der Waals surface area contributed by atoms with E-state index in [1.165, 1.54) is 12.0 Å². The van der Waals surface area contributed by atoms with Crippen LogP contribution in [-0.2, 0) is 10.2 Å². The van der Waals surface area contributed by atoms with Crippen LogP contribution >= 0.6 is 0 Å². The average molecular weight is 200 g/mol. The van der Waals surface area contributed by atoms with Gasteiger partial charge in [0.1, 0.15) is 5.78 Å². The highest BCUT2D eigenvalue weighted by molar-refractivity contribution is 5.91. The summed E-state index contributed by atoms with van der Waals surface area (Å²) < 4.78 is 0. The summed E-state index contributed by atoms with van der Waals surface area (Å²) in [4.78, 5) is 11.9. The van der Waals surface area contributed by atoms with Gasteiger partial charge in [0.25, 0.3) is 0 Å². The van der Waals surface area contributed by atoms with Gasteiger partial charge in [-0.3, -0.25) is 4.79 Å². The van der Waals surface area contributed by atoms with Crippen LogP contribution < -0.4 is 0 Å². The summed E-state index contributed by atoms with van der Waals surface area (Å²) in [6.45, 7) is 4.22. The van der Waals surface area contributed by atoms with E-state index in [9.17, 15) is 4.79 Å². The Morgan fingerprint density at radius 2 is 1.87 bits per heavy atom. The van der Waals surface area contributed by atoms with E-state index < -0.39 is 0 Å². The largest absolute Gasteiger partial charge is 0.299 e. The summed E-state index contributed by atoms with van der Waals surface area (Å²) in [6.07, 6.45) is 1.96. The van der Waals surface area contributed by atoms with Gasteiger partial charge in [-0.25, -0.2) is 0 Å². The lowest BCUT2D eigenvalue weighted by Gasteiger charge is -2.16. The minimum absolute atomic E-state index is 0.0875. The van der Waals surface area contributed by atoms with Crippen LogP contribution in [0.2, 0.25) is 0 Å². The van der Waals surface area contributed by atoms with Gasteiger partial charge in [-0.05, 0) is 17.9 Å². The molecule has 0 spiro atoms. The highest BCUT2D eigenvalue weighted by Gasteiger charge is 2.69. The van der Waals surface area contributed by atoms with Crippen LogP contribution in [0.4, 0.5) is 0 Å². The highest BCUT2D eigenvalue weighted by atomic mass is 16.1. The molecule has 2 aliphatic carbocycles. The molecule has 0 radical (unpaired) electrons. The fourth-order valence-electron chi connectivity index (χ4n) is 3.35. The molecule has 78 valence electrons. The van der Waals surface area contributed by atoms with Crippen molar-refractivity contribution >= 4 is 5.78 Å². The lowest BCUT2D eigenvalue weighted by molar-refractivity contribution is -0.125. The predicted octanol–water partition coefficient (Wildman–Crippen LogP) is 2.94. The number of carbonyl (C=O) groups excluding carboxylic acids is 1.